The van der Waals surface area contributed by atoms with Gasteiger partial charge in [0.25, 0.3) is 5.91 Å². The van der Waals surface area contributed by atoms with Gasteiger partial charge in [-0.05, 0) is 24.6 Å². The largest absolute Gasteiger partial charge is 0.493 e. The van der Waals surface area contributed by atoms with Crippen LogP contribution in [-0.4, -0.2) is 49.6 Å². The number of morpholine rings is 1. The highest BCUT2D eigenvalue weighted by molar-refractivity contribution is 5.98. The zero-order chi connectivity index (χ0) is 19.1. The van der Waals surface area contributed by atoms with Gasteiger partial charge in [0.05, 0.1) is 31.9 Å². The van der Waals surface area contributed by atoms with E-state index in [0.29, 0.717) is 37.6 Å². The van der Waals surface area contributed by atoms with E-state index in [1.54, 1.807) is 23.1 Å². The first-order valence-corrected chi connectivity index (χ1v) is 9.13. The predicted molar refractivity (Wildman–Crippen MR) is 102 cm³/mol. The van der Waals surface area contributed by atoms with Gasteiger partial charge in [-0.3, -0.25) is 9.59 Å². The molecule has 1 N–H and O–H groups in total. The van der Waals surface area contributed by atoms with Gasteiger partial charge in [-0.2, -0.15) is 0 Å². The lowest BCUT2D eigenvalue weighted by molar-refractivity contribution is -0.137. The molecule has 0 unspecified atom stereocenters. The molecule has 0 radical (unpaired) electrons. The second-order valence-corrected chi connectivity index (χ2v) is 6.22. The summed E-state index contributed by atoms with van der Waals surface area (Å²) in [5.74, 6) is 0.0715. The molecule has 0 spiro atoms. The SMILES string of the molecule is CCOc1ccccc1C(=O)NCC(=O)N1CCO[C@H](c2ccccc2)C1. The van der Waals surface area contributed by atoms with Crippen molar-refractivity contribution < 1.29 is 19.1 Å². The van der Waals surface area contributed by atoms with Gasteiger partial charge in [0.15, 0.2) is 0 Å². The first-order valence-electron chi connectivity index (χ1n) is 9.13. The Balaban J connectivity index is 1.57. The number of hydrogen-bond acceptors (Lipinski definition) is 4. The maximum atomic E-state index is 12.5. The van der Waals surface area contributed by atoms with E-state index in [0.717, 1.165) is 5.56 Å². The highest BCUT2D eigenvalue weighted by Crippen LogP contribution is 2.22. The molecule has 1 aliphatic rings. The lowest BCUT2D eigenvalue weighted by atomic mass is 10.1. The normalized spacial score (nSPS) is 16.6. The number of amides is 2. The minimum Gasteiger partial charge on any atom is -0.493 e. The van der Waals surface area contributed by atoms with Gasteiger partial charge < -0.3 is 19.7 Å². The summed E-state index contributed by atoms with van der Waals surface area (Å²) in [4.78, 5) is 26.7. The molecular formula is C21H24N2O4. The van der Waals surface area contributed by atoms with Crippen LogP contribution < -0.4 is 10.1 Å². The topological polar surface area (TPSA) is 67.9 Å². The van der Waals surface area contributed by atoms with Crippen molar-refractivity contribution in [3.8, 4) is 5.75 Å². The molecule has 2 aromatic carbocycles. The highest BCUT2D eigenvalue weighted by atomic mass is 16.5. The Morgan fingerprint density at radius 2 is 1.89 bits per heavy atom. The van der Waals surface area contributed by atoms with E-state index in [1.807, 2.05) is 43.3 Å². The van der Waals surface area contributed by atoms with E-state index in [2.05, 4.69) is 5.32 Å². The van der Waals surface area contributed by atoms with Gasteiger partial charge in [0.1, 0.15) is 11.9 Å². The van der Waals surface area contributed by atoms with Crippen LogP contribution in [0.15, 0.2) is 54.6 Å². The fourth-order valence-electron chi connectivity index (χ4n) is 3.04. The number of para-hydroxylation sites is 1. The molecule has 1 atom stereocenters. The lowest BCUT2D eigenvalue weighted by Crippen LogP contribution is -2.46. The second kappa shape index (κ2) is 9.19. The number of hydrogen-bond donors (Lipinski definition) is 1. The van der Waals surface area contributed by atoms with E-state index < -0.39 is 0 Å². The molecule has 6 heteroatoms. The standard InChI is InChI=1S/C21H24N2O4/c1-2-26-18-11-7-6-10-17(18)21(25)22-14-20(24)23-12-13-27-19(15-23)16-8-4-3-5-9-16/h3-11,19H,2,12-15H2,1H3,(H,22,25)/t19-/m0/s1. The van der Waals surface area contributed by atoms with Crippen molar-refractivity contribution in [2.45, 2.75) is 13.0 Å². The smallest absolute Gasteiger partial charge is 0.255 e. The van der Waals surface area contributed by atoms with Crippen LogP contribution in [0, 0.1) is 0 Å². The van der Waals surface area contributed by atoms with Crippen LogP contribution in [0.1, 0.15) is 28.9 Å². The Bertz CT molecular complexity index is 779. The number of rotatable bonds is 6. The third-order valence-corrected chi connectivity index (χ3v) is 4.42. The van der Waals surface area contributed by atoms with E-state index >= 15 is 0 Å². The fraction of sp³-hybridized carbons (Fsp3) is 0.333. The molecule has 1 saturated heterocycles. The van der Waals surface area contributed by atoms with E-state index in [1.165, 1.54) is 0 Å². The van der Waals surface area contributed by atoms with Gasteiger partial charge >= 0.3 is 0 Å². The van der Waals surface area contributed by atoms with Crippen molar-refractivity contribution in [1.82, 2.24) is 10.2 Å². The van der Waals surface area contributed by atoms with Gasteiger partial charge in [0.2, 0.25) is 5.91 Å². The molecule has 142 valence electrons. The Morgan fingerprint density at radius 3 is 2.67 bits per heavy atom. The molecule has 27 heavy (non-hydrogen) atoms. The van der Waals surface area contributed by atoms with E-state index in [4.69, 9.17) is 9.47 Å². The fourth-order valence-corrected chi connectivity index (χ4v) is 3.04. The van der Waals surface area contributed by atoms with Gasteiger partial charge in [-0.1, -0.05) is 42.5 Å². The van der Waals surface area contributed by atoms with Crippen LogP contribution in [0.4, 0.5) is 0 Å². The van der Waals surface area contributed by atoms with Crippen LogP contribution in [0.25, 0.3) is 0 Å². The average Bonchev–Trinajstić information content (AvgIpc) is 2.73. The highest BCUT2D eigenvalue weighted by Gasteiger charge is 2.25. The number of ether oxygens (including phenoxy) is 2. The van der Waals surface area contributed by atoms with Gasteiger partial charge in [0, 0.05) is 6.54 Å². The van der Waals surface area contributed by atoms with Crippen molar-refractivity contribution in [2.24, 2.45) is 0 Å². The number of nitrogens with one attached hydrogen (secondary N) is 1. The van der Waals surface area contributed by atoms with Gasteiger partial charge in [-0.25, -0.2) is 0 Å². The predicted octanol–water partition coefficient (Wildman–Crippen LogP) is 2.42. The second-order valence-electron chi connectivity index (χ2n) is 6.22. The monoisotopic (exact) mass is 368 g/mol. The summed E-state index contributed by atoms with van der Waals surface area (Å²) in [5.41, 5.74) is 1.47. The first kappa shape index (κ1) is 18.9. The van der Waals surface area contributed by atoms with Crippen molar-refractivity contribution in [3.05, 3.63) is 65.7 Å². The molecule has 1 heterocycles. The van der Waals surface area contributed by atoms with Crippen molar-refractivity contribution in [3.63, 3.8) is 0 Å². The van der Waals surface area contributed by atoms with Crippen LogP contribution in [-0.2, 0) is 9.53 Å². The minimum atomic E-state index is -0.319. The van der Waals surface area contributed by atoms with Crippen LogP contribution in [0.5, 0.6) is 5.75 Å². The Labute approximate surface area is 159 Å². The molecule has 0 aliphatic carbocycles. The maximum Gasteiger partial charge on any atom is 0.255 e. The maximum absolute atomic E-state index is 12.5. The Kier molecular flexibility index (Phi) is 6.44. The number of benzene rings is 2. The molecule has 1 aliphatic heterocycles. The van der Waals surface area contributed by atoms with Crippen molar-refractivity contribution in [1.29, 1.82) is 0 Å². The summed E-state index contributed by atoms with van der Waals surface area (Å²) in [5, 5.41) is 2.70. The summed E-state index contributed by atoms with van der Waals surface area (Å²) in [6.45, 7) is 3.76. The first-order chi connectivity index (χ1) is 13.2. The average molecular weight is 368 g/mol. The zero-order valence-corrected chi connectivity index (χ0v) is 15.4. The third kappa shape index (κ3) is 4.86. The van der Waals surface area contributed by atoms with Crippen LogP contribution >= 0.6 is 0 Å². The van der Waals surface area contributed by atoms with E-state index in [-0.39, 0.29) is 24.5 Å². The summed E-state index contributed by atoms with van der Waals surface area (Å²) in [7, 11) is 0. The summed E-state index contributed by atoms with van der Waals surface area (Å²) < 4.78 is 11.3. The zero-order valence-electron chi connectivity index (χ0n) is 15.4. The molecule has 1 fully saturated rings. The Morgan fingerprint density at radius 1 is 1.15 bits per heavy atom. The number of carbonyl (C=O) groups excluding carboxylic acids is 2. The van der Waals surface area contributed by atoms with Gasteiger partial charge in [-0.15, -0.1) is 0 Å². The quantitative estimate of drug-likeness (QED) is 0.850. The lowest BCUT2D eigenvalue weighted by Gasteiger charge is -2.33. The molecule has 0 saturated carbocycles. The van der Waals surface area contributed by atoms with Crippen LogP contribution in [0.2, 0.25) is 0 Å². The third-order valence-electron chi connectivity index (χ3n) is 4.42. The van der Waals surface area contributed by atoms with Crippen molar-refractivity contribution in [2.75, 3.05) is 32.8 Å². The number of nitrogens with zero attached hydrogens (tertiary/aromatic N) is 1. The molecule has 0 aromatic heterocycles. The summed E-state index contributed by atoms with van der Waals surface area (Å²) in [6, 6.07) is 16.8. The molecule has 3 rings (SSSR count). The molecular weight excluding hydrogens is 344 g/mol. The van der Waals surface area contributed by atoms with Crippen molar-refractivity contribution >= 4 is 11.8 Å². The molecule has 6 nitrogen and oxygen atoms in total. The minimum absolute atomic E-state index is 0.0548. The van der Waals surface area contributed by atoms with Crippen LogP contribution in [0.3, 0.4) is 0 Å². The Hall–Kier alpha value is -2.86. The van der Waals surface area contributed by atoms with E-state index in [9.17, 15) is 9.59 Å². The molecule has 2 aromatic rings. The number of carbonyl (C=O) groups is 2. The molecule has 2 amide bonds. The molecule has 0 bridgehead atoms. The summed E-state index contributed by atoms with van der Waals surface area (Å²) in [6.07, 6.45) is -0.140. The summed E-state index contributed by atoms with van der Waals surface area (Å²) >= 11 is 0.